The molecule has 0 saturated heterocycles. The first-order valence-electron chi connectivity index (χ1n) is 8.25. The number of hydrogen-bond donors (Lipinski definition) is 3. The largest absolute Gasteiger partial charge is 0.454 e. The number of primary amides is 1. The molecule has 11 nitrogen and oxygen atoms in total. The van der Waals surface area contributed by atoms with Gasteiger partial charge < -0.3 is 15.8 Å². The van der Waals surface area contributed by atoms with Crippen molar-refractivity contribution in [3.63, 3.8) is 0 Å². The van der Waals surface area contributed by atoms with Gasteiger partial charge in [0.25, 0.3) is 11.8 Å². The molecule has 28 heavy (non-hydrogen) atoms. The molecule has 12 heteroatoms. The Labute approximate surface area is 162 Å². The number of ether oxygens (including phenoxy) is 1. The summed E-state index contributed by atoms with van der Waals surface area (Å²) in [5, 5.41) is 3.98. The topological polar surface area (TPSA) is 165 Å². The van der Waals surface area contributed by atoms with Crippen LogP contribution in [0.2, 0.25) is 0 Å². The van der Waals surface area contributed by atoms with Crippen molar-refractivity contribution in [1.29, 1.82) is 0 Å². The Balaban J connectivity index is 2.61. The smallest absolute Gasteiger partial charge is 0.325 e. The lowest BCUT2D eigenvalue weighted by atomic mass is 10.2. The molecule has 4 amide bonds. The number of sulfonamides is 1. The SMILES string of the molecule is CCN(CC)S(=O)(=O)c1ccc(C(=O)NCC(=O)OCC(=O)NC(N)=O)cc1. The summed E-state index contributed by atoms with van der Waals surface area (Å²) in [7, 11) is -3.64. The fourth-order valence-corrected chi connectivity index (χ4v) is 3.57. The van der Waals surface area contributed by atoms with E-state index in [0.717, 1.165) is 0 Å². The summed E-state index contributed by atoms with van der Waals surface area (Å²) < 4.78 is 30.6. The first-order valence-corrected chi connectivity index (χ1v) is 9.69. The number of nitrogens with zero attached hydrogens (tertiary/aromatic N) is 1. The quantitative estimate of drug-likeness (QED) is 0.444. The molecule has 0 heterocycles. The van der Waals surface area contributed by atoms with Crippen molar-refractivity contribution in [2.24, 2.45) is 5.73 Å². The van der Waals surface area contributed by atoms with Gasteiger partial charge in [0.05, 0.1) is 4.90 Å². The van der Waals surface area contributed by atoms with Crippen molar-refractivity contribution < 1.29 is 32.3 Å². The Morgan fingerprint density at radius 3 is 2.14 bits per heavy atom. The van der Waals surface area contributed by atoms with Crippen LogP contribution in [0.25, 0.3) is 0 Å². The van der Waals surface area contributed by atoms with E-state index in [0.29, 0.717) is 13.1 Å². The average molecular weight is 414 g/mol. The Bertz CT molecular complexity index is 833. The zero-order valence-corrected chi connectivity index (χ0v) is 16.2. The number of benzene rings is 1. The van der Waals surface area contributed by atoms with Crippen LogP contribution in [0.5, 0.6) is 0 Å². The summed E-state index contributed by atoms with van der Waals surface area (Å²) >= 11 is 0. The van der Waals surface area contributed by atoms with Crippen LogP contribution < -0.4 is 16.4 Å². The Kier molecular flexibility index (Phi) is 8.54. The minimum Gasteiger partial charge on any atom is -0.454 e. The second-order valence-corrected chi connectivity index (χ2v) is 7.31. The number of urea groups is 1. The third-order valence-corrected chi connectivity index (χ3v) is 5.54. The first kappa shape index (κ1) is 23.0. The molecule has 0 spiro atoms. The highest BCUT2D eigenvalue weighted by Gasteiger charge is 2.21. The lowest BCUT2D eigenvalue weighted by Gasteiger charge is -2.18. The molecular formula is C16H22N4O7S. The number of esters is 1. The third kappa shape index (κ3) is 6.63. The molecule has 0 aliphatic heterocycles. The van der Waals surface area contributed by atoms with Crippen LogP contribution in [-0.4, -0.2) is 62.8 Å². The van der Waals surface area contributed by atoms with Gasteiger partial charge in [-0.2, -0.15) is 4.31 Å². The molecule has 0 saturated carbocycles. The molecule has 0 radical (unpaired) electrons. The maximum absolute atomic E-state index is 12.4. The van der Waals surface area contributed by atoms with Crippen molar-refractivity contribution in [2.45, 2.75) is 18.7 Å². The molecule has 1 aromatic rings. The van der Waals surface area contributed by atoms with Crippen LogP contribution >= 0.6 is 0 Å². The highest BCUT2D eigenvalue weighted by atomic mass is 32.2. The van der Waals surface area contributed by atoms with Crippen molar-refractivity contribution >= 4 is 33.8 Å². The third-order valence-electron chi connectivity index (χ3n) is 3.48. The van der Waals surface area contributed by atoms with E-state index in [1.807, 2.05) is 0 Å². The van der Waals surface area contributed by atoms with Crippen molar-refractivity contribution in [3.8, 4) is 0 Å². The molecule has 0 aliphatic rings. The van der Waals surface area contributed by atoms with E-state index in [2.05, 4.69) is 10.1 Å². The number of hydrogen-bond acceptors (Lipinski definition) is 7. The first-order chi connectivity index (χ1) is 13.1. The lowest BCUT2D eigenvalue weighted by Crippen LogP contribution is -2.39. The summed E-state index contributed by atoms with van der Waals surface area (Å²) in [4.78, 5) is 45.1. The predicted molar refractivity (Wildman–Crippen MR) is 97.6 cm³/mol. The zero-order valence-electron chi connectivity index (χ0n) is 15.4. The molecule has 0 bridgehead atoms. The van der Waals surface area contributed by atoms with Gasteiger partial charge in [-0.25, -0.2) is 13.2 Å². The van der Waals surface area contributed by atoms with Crippen LogP contribution in [0.3, 0.4) is 0 Å². The highest BCUT2D eigenvalue weighted by Crippen LogP contribution is 2.16. The van der Waals surface area contributed by atoms with E-state index in [-0.39, 0.29) is 10.5 Å². The van der Waals surface area contributed by atoms with Gasteiger partial charge in [0.2, 0.25) is 10.0 Å². The summed E-state index contributed by atoms with van der Waals surface area (Å²) in [5.41, 5.74) is 4.86. The van der Waals surface area contributed by atoms with E-state index in [1.54, 1.807) is 19.2 Å². The summed E-state index contributed by atoms with van der Waals surface area (Å²) in [6.45, 7) is 2.83. The minimum atomic E-state index is -3.64. The molecule has 1 aromatic carbocycles. The maximum Gasteiger partial charge on any atom is 0.325 e. The summed E-state index contributed by atoms with van der Waals surface area (Å²) in [6, 6.07) is 4.15. The Hall–Kier alpha value is -2.99. The fourth-order valence-electron chi connectivity index (χ4n) is 2.12. The van der Waals surface area contributed by atoms with E-state index >= 15 is 0 Å². The molecule has 0 aliphatic carbocycles. The summed E-state index contributed by atoms with van der Waals surface area (Å²) in [6.07, 6.45) is 0. The van der Waals surface area contributed by atoms with E-state index in [9.17, 15) is 27.6 Å². The molecule has 154 valence electrons. The monoisotopic (exact) mass is 414 g/mol. The fraction of sp³-hybridized carbons (Fsp3) is 0.375. The molecule has 0 atom stereocenters. The maximum atomic E-state index is 12.4. The standard InChI is InChI=1S/C16H22N4O7S/c1-3-20(4-2)28(25,26)12-7-5-11(6-8-12)15(23)18-9-14(22)27-10-13(21)19-16(17)24/h5-8H,3-4,9-10H2,1-2H3,(H,18,23)(H3,17,19,21,24). The van der Waals surface area contributed by atoms with Crippen LogP contribution in [-0.2, 0) is 24.3 Å². The normalized spacial score (nSPS) is 11.0. The van der Waals surface area contributed by atoms with Gasteiger partial charge >= 0.3 is 12.0 Å². The number of nitrogens with one attached hydrogen (secondary N) is 2. The van der Waals surface area contributed by atoms with Crippen LogP contribution in [0, 0.1) is 0 Å². The number of amides is 4. The number of imide groups is 1. The predicted octanol–water partition coefficient (Wildman–Crippen LogP) is -0.815. The van der Waals surface area contributed by atoms with Crippen molar-refractivity contribution in [1.82, 2.24) is 14.9 Å². The van der Waals surface area contributed by atoms with E-state index in [1.165, 1.54) is 28.6 Å². The van der Waals surface area contributed by atoms with Gasteiger partial charge in [0, 0.05) is 18.7 Å². The van der Waals surface area contributed by atoms with Gasteiger partial charge in [-0.3, -0.25) is 19.7 Å². The van der Waals surface area contributed by atoms with Gasteiger partial charge in [-0.05, 0) is 24.3 Å². The second-order valence-electron chi connectivity index (χ2n) is 5.37. The minimum absolute atomic E-state index is 0.0487. The number of carbonyl (C=O) groups is 4. The van der Waals surface area contributed by atoms with Crippen molar-refractivity contribution in [2.75, 3.05) is 26.2 Å². The zero-order chi connectivity index (χ0) is 21.3. The molecule has 1 rings (SSSR count). The number of nitrogens with two attached hydrogens (primary N) is 1. The van der Waals surface area contributed by atoms with Gasteiger partial charge in [0.15, 0.2) is 6.61 Å². The van der Waals surface area contributed by atoms with E-state index < -0.39 is 47.0 Å². The van der Waals surface area contributed by atoms with Crippen LogP contribution in [0.15, 0.2) is 29.2 Å². The Morgan fingerprint density at radius 1 is 1.07 bits per heavy atom. The number of rotatable bonds is 9. The lowest BCUT2D eigenvalue weighted by molar-refractivity contribution is -0.147. The van der Waals surface area contributed by atoms with Gasteiger partial charge in [0.1, 0.15) is 6.54 Å². The summed E-state index contributed by atoms with van der Waals surface area (Å²) in [5.74, 6) is -2.45. The molecule has 0 aromatic heterocycles. The number of carbonyl (C=O) groups excluding carboxylic acids is 4. The average Bonchev–Trinajstić information content (AvgIpc) is 2.64. The van der Waals surface area contributed by atoms with Gasteiger partial charge in [-0.15, -0.1) is 0 Å². The van der Waals surface area contributed by atoms with Gasteiger partial charge in [-0.1, -0.05) is 13.8 Å². The molecule has 0 unspecified atom stereocenters. The molecule has 4 N–H and O–H groups in total. The van der Waals surface area contributed by atoms with Crippen LogP contribution in [0.4, 0.5) is 4.79 Å². The highest BCUT2D eigenvalue weighted by molar-refractivity contribution is 7.89. The van der Waals surface area contributed by atoms with E-state index in [4.69, 9.17) is 5.73 Å². The molecular weight excluding hydrogens is 392 g/mol. The van der Waals surface area contributed by atoms with Crippen LogP contribution in [0.1, 0.15) is 24.2 Å². The Morgan fingerprint density at radius 2 is 1.64 bits per heavy atom. The van der Waals surface area contributed by atoms with Crippen molar-refractivity contribution in [3.05, 3.63) is 29.8 Å². The molecule has 0 fully saturated rings. The second kappa shape index (κ2) is 10.4.